The third-order valence-corrected chi connectivity index (χ3v) is 2.74. The van der Waals surface area contributed by atoms with Crippen molar-refractivity contribution in [2.75, 3.05) is 0 Å². The Kier molecular flexibility index (Phi) is 6.64. The van der Waals surface area contributed by atoms with E-state index in [9.17, 15) is 0 Å². The zero-order chi connectivity index (χ0) is 11.6. The van der Waals surface area contributed by atoms with Gasteiger partial charge < -0.3 is 0 Å². The van der Waals surface area contributed by atoms with E-state index in [1.165, 1.54) is 43.2 Å². The van der Waals surface area contributed by atoms with Gasteiger partial charge in [-0.3, -0.25) is 0 Å². The lowest BCUT2D eigenvalue weighted by Gasteiger charge is -2.00. The van der Waals surface area contributed by atoms with E-state index in [1.807, 2.05) is 0 Å². The third-order valence-electron chi connectivity index (χ3n) is 2.74. The Hall–Kier alpha value is -1.04. The minimum absolute atomic E-state index is 1.15. The van der Waals surface area contributed by atoms with Gasteiger partial charge in [0.1, 0.15) is 0 Å². The summed E-state index contributed by atoms with van der Waals surface area (Å²) in [6.07, 6.45) is 12.9. The topological polar surface area (TPSA) is 0 Å². The van der Waals surface area contributed by atoms with Crippen LogP contribution in [-0.4, -0.2) is 0 Å². The number of aryl methyl sites for hydroxylation is 1. The van der Waals surface area contributed by atoms with Crippen molar-refractivity contribution in [2.45, 2.75) is 52.4 Å². The lowest BCUT2D eigenvalue weighted by atomic mass is 10.1. The Morgan fingerprint density at radius 2 is 1.69 bits per heavy atom. The lowest BCUT2D eigenvalue weighted by Crippen LogP contribution is -1.84. The molecule has 0 aromatic heterocycles. The summed E-state index contributed by atoms with van der Waals surface area (Å²) in [7, 11) is 0. The molecule has 0 bridgehead atoms. The van der Waals surface area contributed by atoms with Crippen LogP contribution in [-0.2, 0) is 6.42 Å². The van der Waals surface area contributed by atoms with Crippen LogP contribution in [0.3, 0.4) is 0 Å². The molecule has 16 heavy (non-hydrogen) atoms. The van der Waals surface area contributed by atoms with E-state index in [0.717, 1.165) is 6.42 Å². The fourth-order valence-corrected chi connectivity index (χ4v) is 1.64. The van der Waals surface area contributed by atoms with E-state index in [0.29, 0.717) is 0 Å². The Morgan fingerprint density at radius 3 is 2.31 bits per heavy atom. The molecule has 0 heterocycles. The first-order chi connectivity index (χ1) is 7.86. The zero-order valence-corrected chi connectivity index (χ0v) is 10.6. The maximum absolute atomic E-state index is 3.34. The Bertz CT molecular complexity index is 292. The molecule has 0 unspecified atom stereocenters. The summed E-state index contributed by atoms with van der Waals surface area (Å²) in [5.41, 5.74) is 2.65. The molecule has 0 spiro atoms. The van der Waals surface area contributed by atoms with Crippen molar-refractivity contribution in [1.29, 1.82) is 0 Å². The van der Waals surface area contributed by atoms with E-state index >= 15 is 0 Å². The highest BCUT2D eigenvalue weighted by molar-refractivity contribution is 5.27. The van der Waals surface area contributed by atoms with E-state index in [1.54, 1.807) is 0 Å². The summed E-state index contributed by atoms with van der Waals surface area (Å²) in [6.45, 7) is 4.45. The average Bonchev–Trinajstić information content (AvgIpc) is 2.33. The van der Waals surface area contributed by atoms with Gasteiger partial charge in [-0.05, 0) is 36.5 Å². The molecular weight excluding hydrogens is 192 g/mol. The minimum atomic E-state index is 1.15. The van der Waals surface area contributed by atoms with Crippen molar-refractivity contribution in [1.82, 2.24) is 0 Å². The highest BCUT2D eigenvalue weighted by Gasteiger charge is 1.92. The highest BCUT2D eigenvalue weighted by Crippen LogP contribution is 2.08. The first-order valence-corrected chi connectivity index (χ1v) is 6.54. The van der Waals surface area contributed by atoms with E-state index in [2.05, 4.69) is 50.3 Å². The second-order valence-corrected chi connectivity index (χ2v) is 4.29. The molecule has 0 nitrogen and oxygen atoms in total. The summed E-state index contributed by atoms with van der Waals surface area (Å²) in [6, 6.07) is 8.80. The van der Waals surface area contributed by atoms with Crippen LogP contribution in [0.1, 0.15) is 57.1 Å². The standard InChI is InChI=1S/C16H23/c1-3-5-7-8-10-16-13-11-15(12-14-16)9-6-4-2/h8,11-14H,3-7,9H2,1-2H3. The van der Waals surface area contributed by atoms with Crippen LogP contribution in [0, 0.1) is 6.08 Å². The molecule has 1 rings (SSSR count). The second kappa shape index (κ2) is 8.15. The predicted molar refractivity (Wildman–Crippen MR) is 71.5 cm³/mol. The maximum atomic E-state index is 3.34. The van der Waals surface area contributed by atoms with Gasteiger partial charge in [-0.2, -0.15) is 0 Å². The van der Waals surface area contributed by atoms with Crippen LogP contribution >= 0.6 is 0 Å². The van der Waals surface area contributed by atoms with Crippen molar-refractivity contribution >= 4 is 0 Å². The molecule has 1 aromatic carbocycles. The van der Waals surface area contributed by atoms with Crippen molar-refractivity contribution in [3.05, 3.63) is 47.5 Å². The molecule has 0 aliphatic carbocycles. The largest absolute Gasteiger partial charge is 0.0760 e. The summed E-state index contributed by atoms with van der Waals surface area (Å²) >= 11 is 0. The smallest absolute Gasteiger partial charge is 0.0149 e. The fourth-order valence-electron chi connectivity index (χ4n) is 1.64. The zero-order valence-electron chi connectivity index (χ0n) is 10.6. The van der Waals surface area contributed by atoms with Gasteiger partial charge in [0.05, 0.1) is 0 Å². The SMILES string of the molecule is CCCC/C=[C]\c1ccc(CCCC)cc1. The van der Waals surface area contributed by atoms with Crippen LogP contribution in [0.2, 0.25) is 0 Å². The Labute approximate surface area is 100 Å². The normalized spacial score (nSPS) is 11.1. The quantitative estimate of drug-likeness (QED) is 0.566. The van der Waals surface area contributed by atoms with E-state index in [-0.39, 0.29) is 0 Å². The molecule has 87 valence electrons. The molecule has 1 radical (unpaired) electrons. The van der Waals surface area contributed by atoms with Gasteiger partial charge >= 0.3 is 0 Å². The molecule has 0 atom stereocenters. The number of hydrogen-bond acceptors (Lipinski definition) is 0. The Morgan fingerprint density at radius 1 is 1.00 bits per heavy atom. The van der Waals surface area contributed by atoms with E-state index in [4.69, 9.17) is 0 Å². The van der Waals surface area contributed by atoms with Gasteiger partial charge in [0.25, 0.3) is 0 Å². The molecule has 0 saturated heterocycles. The van der Waals surface area contributed by atoms with Gasteiger partial charge in [0.2, 0.25) is 0 Å². The van der Waals surface area contributed by atoms with Gasteiger partial charge in [0.15, 0.2) is 0 Å². The van der Waals surface area contributed by atoms with Crippen LogP contribution < -0.4 is 0 Å². The van der Waals surface area contributed by atoms with Gasteiger partial charge in [0, 0.05) is 0 Å². The van der Waals surface area contributed by atoms with Gasteiger partial charge in [-0.25, -0.2) is 0 Å². The average molecular weight is 215 g/mol. The number of rotatable bonds is 7. The first-order valence-electron chi connectivity index (χ1n) is 6.54. The summed E-state index contributed by atoms with van der Waals surface area (Å²) < 4.78 is 0. The molecule has 1 aromatic rings. The Balaban J connectivity index is 2.41. The third kappa shape index (κ3) is 5.16. The highest BCUT2D eigenvalue weighted by atomic mass is 14.0. The molecule has 0 saturated carbocycles. The summed E-state index contributed by atoms with van der Waals surface area (Å²) in [4.78, 5) is 0. The van der Waals surface area contributed by atoms with Crippen molar-refractivity contribution in [2.24, 2.45) is 0 Å². The number of allylic oxidation sites excluding steroid dienone is 1. The monoisotopic (exact) mass is 215 g/mol. The number of hydrogen-bond donors (Lipinski definition) is 0. The molecule has 0 N–H and O–H groups in total. The number of unbranched alkanes of at least 4 members (excludes halogenated alkanes) is 3. The van der Waals surface area contributed by atoms with Crippen molar-refractivity contribution in [3.8, 4) is 0 Å². The molecular formula is C16H23. The maximum Gasteiger partial charge on any atom is -0.0149 e. The van der Waals surface area contributed by atoms with Crippen LogP contribution in [0.15, 0.2) is 30.3 Å². The van der Waals surface area contributed by atoms with Gasteiger partial charge in [-0.15, -0.1) is 0 Å². The molecule has 0 amide bonds. The van der Waals surface area contributed by atoms with Crippen LogP contribution in [0.25, 0.3) is 0 Å². The second-order valence-electron chi connectivity index (χ2n) is 4.29. The fraction of sp³-hybridized carbons (Fsp3) is 0.500. The molecule has 0 heteroatoms. The van der Waals surface area contributed by atoms with Crippen LogP contribution in [0.4, 0.5) is 0 Å². The first kappa shape index (κ1) is 13.0. The minimum Gasteiger partial charge on any atom is -0.0760 e. The lowest BCUT2D eigenvalue weighted by molar-refractivity contribution is 0.795. The van der Waals surface area contributed by atoms with Gasteiger partial charge in [-0.1, -0.05) is 63.5 Å². The van der Waals surface area contributed by atoms with Crippen molar-refractivity contribution < 1.29 is 0 Å². The van der Waals surface area contributed by atoms with E-state index < -0.39 is 0 Å². The van der Waals surface area contributed by atoms with Crippen LogP contribution in [0.5, 0.6) is 0 Å². The summed E-state index contributed by atoms with van der Waals surface area (Å²) in [5.74, 6) is 0. The predicted octanol–water partition coefficient (Wildman–Crippen LogP) is 4.93. The summed E-state index contributed by atoms with van der Waals surface area (Å²) in [5, 5.41) is 0. The molecule has 0 aliphatic rings. The van der Waals surface area contributed by atoms with Crippen molar-refractivity contribution in [3.63, 3.8) is 0 Å². The number of benzene rings is 1. The molecule has 0 fully saturated rings. The molecule has 0 aliphatic heterocycles.